The molecule has 0 N–H and O–H groups in total. The van der Waals surface area contributed by atoms with Gasteiger partial charge in [0.05, 0.1) is 27.6 Å². The summed E-state index contributed by atoms with van der Waals surface area (Å²) in [5, 5.41) is 6.11. The summed E-state index contributed by atoms with van der Waals surface area (Å²) in [4.78, 5) is 15.9. The fourth-order valence-corrected chi connectivity index (χ4v) is 11.8. The number of para-hydroxylation sites is 4. The van der Waals surface area contributed by atoms with Gasteiger partial charge in [-0.15, -0.1) is 0 Å². The molecule has 0 amide bonds. The lowest BCUT2D eigenvalue weighted by Crippen LogP contribution is -2.16. The third-order valence-corrected chi connectivity index (χ3v) is 15.0. The van der Waals surface area contributed by atoms with Crippen molar-refractivity contribution in [2.24, 2.45) is 0 Å². The Kier molecular flexibility index (Phi) is 9.62. The molecule has 6 nitrogen and oxygen atoms in total. The first-order chi connectivity index (χ1) is 34.7. The highest BCUT2D eigenvalue weighted by Gasteiger charge is 2.29. The molecule has 0 radical (unpaired) electrons. The molecule has 1 atom stereocenters. The van der Waals surface area contributed by atoms with Crippen LogP contribution in [-0.4, -0.2) is 28.7 Å². The van der Waals surface area contributed by atoms with Gasteiger partial charge in [0.1, 0.15) is 17.3 Å². The second-order valence-electron chi connectivity index (χ2n) is 19.1. The lowest BCUT2D eigenvalue weighted by Gasteiger charge is -2.26. The molecule has 11 aromatic rings. The standard InChI is InChI=1S/C64H48N6/c1-5-19-42(20-6-1)62-65-63(43-21-7-2-8-22-43)67-64(66-62)45-34-36-48(59(40-45)70-57-31-17-14-27-51(57)52-28-15-18-32-58(52)70)44-33-37-53-54-38-35-47(41-61(54)68(60(53)39-44)46-23-9-3-10-24-46)69-55-29-12-4-11-25-49(55)50-26-13-16-30-56(50)69/h1,3,5-6,9-11,13-20,23-28,30-39,41,43,45H,2,4,7-8,21-22,40H2. The molecule has 1 saturated carbocycles. The predicted octanol–water partition coefficient (Wildman–Crippen LogP) is 15.6. The largest absolute Gasteiger partial charge is 0.312 e. The van der Waals surface area contributed by atoms with Crippen molar-refractivity contribution < 1.29 is 0 Å². The van der Waals surface area contributed by atoms with E-state index in [1.54, 1.807) is 0 Å². The van der Waals surface area contributed by atoms with Crippen molar-refractivity contribution in [3.8, 4) is 34.6 Å². The quantitative estimate of drug-likeness (QED) is 0.150. The van der Waals surface area contributed by atoms with Gasteiger partial charge in [-0.05, 0) is 72.9 Å². The SMILES string of the molecule is C1#Cc2c(c3ccccc3n2-c2ccc3c4ccc(C5=C(n6c7ccccc7c7ccccc76)CC(c6nc(-c7ccccc7)nc(C7CCCCC7)n6)C=C5)cc4n(-c4ccccc4)c3c2)C=CC1. The summed E-state index contributed by atoms with van der Waals surface area (Å²) in [6, 6.07) is 61.7. The Morgan fingerprint density at radius 1 is 0.471 bits per heavy atom. The van der Waals surface area contributed by atoms with E-state index in [1.165, 1.54) is 74.1 Å². The zero-order valence-corrected chi connectivity index (χ0v) is 38.8. The van der Waals surface area contributed by atoms with Crippen molar-refractivity contribution in [3.05, 3.63) is 217 Å². The maximum Gasteiger partial charge on any atom is 0.163 e. The third-order valence-electron chi connectivity index (χ3n) is 15.0. The fraction of sp³-hybridized carbons (Fsp3) is 0.141. The highest BCUT2D eigenvalue weighted by molar-refractivity contribution is 6.14. The molecular weight excluding hydrogens is 853 g/mol. The maximum atomic E-state index is 5.40. The Morgan fingerprint density at radius 2 is 1.10 bits per heavy atom. The van der Waals surface area contributed by atoms with E-state index in [-0.39, 0.29) is 5.92 Å². The van der Waals surface area contributed by atoms with Gasteiger partial charge in [-0.1, -0.05) is 171 Å². The Balaban J connectivity index is 0.980. The van der Waals surface area contributed by atoms with Crippen LogP contribution in [0.5, 0.6) is 0 Å². The first kappa shape index (κ1) is 40.5. The second kappa shape index (κ2) is 16.6. The maximum absolute atomic E-state index is 5.40. The molecule has 6 heteroatoms. The van der Waals surface area contributed by atoms with Crippen LogP contribution in [0.3, 0.4) is 0 Å². The van der Waals surface area contributed by atoms with Crippen LogP contribution in [0.2, 0.25) is 0 Å². The van der Waals surface area contributed by atoms with Crippen molar-refractivity contribution >= 4 is 71.9 Å². The van der Waals surface area contributed by atoms with Crippen LogP contribution in [0.25, 0.3) is 94.6 Å². The summed E-state index contributed by atoms with van der Waals surface area (Å²) in [5.41, 5.74) is 14.9. The van der Waals surface area contributed by atoms with E-state index >= 15 is 0 Å². The normalized spacial score (nSPS) is 16.1. The van der Waals surface area contributed by atoms with E-state index in [0.717, 1.165) is 81.5 Å². The van der Waals surface area contributed by atoms with Gasteiger partial charge in [0.2, 0.25) is 0 Å². The summed E-state index contributed by atoms with van der Waals surface area (Å²) < 4.78 is 7.32. The van der Waals surface area contributed by atoms with Crippen molar-refractivity contribution in [2.45, 2.75) is 56.8 Å². The minimum atomic E-state index is -0.0654. The van der Waals surface area contributed by atoms with Crippen molar-refractivity contribution in [3.63, 3.8) is 0 Å². The molecule has 3 aliphatic rings. The number of nitrogens with zero attached hydrogens (tertiary/aromatic N) is 6. The summed E-state index contributed by atoms with van der Waals surface area (Å²) in [6.07, 6.45) is 16.5. The van der Waals surface area contributed by atoms with Crippen molar-refractivity contribution in [2.75, 3.05) is 0 Å². The molecule has 0 saturated heterocycles. The molecule has 0 spiro atoms. The van der Waals surface area contributed by atoms with Crippen molar-refractivity contribution in [1.29, 1.82) is 0 Å². The Labute approximate surface area is 406 Å². The number of hydrogen-bond donors (Lipinski definition) is 0. The van der Waals surface area contributed by atoms with Crippen LogP contribution in [0.15, 0.2) is 188 Å². The number of rotatable bonds is 7. The molecule has 1 unspecified atom stereocenters. The van der Waals surface area contributed by atoms with Crippen LogP contribution in [-0.2, 0) is 0 Å². The number of hydrogen-bond acceptors (Lipinski definition) is 3. The average Bonchev–Trinajstić information content (AvgIpc) is 3.97. The molecule has 4 heterocycles. The van der Waals surface area contributed by atoms with Gasteiger partial charge in [-0.2, -0.15) is 0 Å². The van der Waals surface area contributed by atoms with Gasteiger partial charge >= 0.3 is 0 Å². The van der Waals surface area contributed by atoms with E-state index in [4.69, 9.17) is 15.0 Å². The van der Waals surface area contributed by atoms with Crippen molar-refractivity contribution in [1.82, 2.24) is 28.7 Å². The number of benzene rings is 7. The van der Waals surface area contributed by atoms with Crippen LogP contribution in [0.4, 0.5) is 0 Å². The van der Waals surface area contributed by atoms with E-state index < -0.39 is 0 Å². The minimum Gasteiger partial charge on any atom is -0.312 e. The van der Waals surface area contributed by atoms with Gasteiger partial charge in [0, 0.05) is 85.4 Å². The lowest BCUT2D eigenvalue weighted by atomic mass is 9.87. The molecule has 14 rings (SSSR count). The highest BCUT2D eigenvalue weighted by Crippen LogP contribution is 2.45. The van der Waals surface area contributed by atoms with Gasteiger partial charge < -0.3 is 13.7 Å². The summed E-state index contributed by atoms with van der Waals surface area (Å²) in [7, 11) is 0. The summed E-state index contributed by atoms with van der Waals surface area (Å²) in [6.45, 7) is 0. The minimum absolute atomic E-state index is 0.0654. The Bertz CT molecular complexity index is 4000. The Hall–Kier alpha value is -8.53. The fourth-order valence-electron chi connectivity index (χ4n) is 11.8. The molecule has 4 aromatic heterocycles. The molecule has 7 aromatic carbocycles. The summed E-state index contributed by atoms with van der Waals surface area (Å²) in [5.74, 6) is 9.76. The topological polar surface area (TPSA) is 53.5 Å². The molecule has 70 heavy (non-hydrogen) atoms. The third kappa shape index (κ3) is 6.60. The van der Waals surface area contributed by atoms with Crippen LogP contribution < -0.4 is 0 Å². The molecule has 0 aliphatic heterocycles. The van der Waals surface area contributed by atoms with Crippen LogP contribution >= 0.6 is 0 Å². The zero-order chi connectivity index (χ0) is 46.1. The highest BCUT2D eigenvalue weighted by atomic mass is 15.1. The first-order valence-electron chi connectivity index (χ1n) is 24.9. The number of aromatic nitrogens is 6. The Morgan fingerprint density at radius 3 is 1.86 bits per heavy atom. The van der Waals surface area contributed by atoms with Gasteiger partial charge in [-0.25, -0.2) is 15.0 Å². The monoisotopic (exact) mass is 900 g/mol. The predicted molar refractivity (Wildman–Crippen MR) is 288 cm³/mol. The van der Waals surface area contributed by atoms with Gasteiger partial charge in [0.15, 0.2) is 5.82 Å². The summed E-state index contributed by atoms with van der Waals surface area (Å²) >= 11 is 0. The van der Waals surface area contributed by atoms with Crippen LogP contribution in [0, 0.1) is 11.8 Å². The van der Waals surface area contributed by atoms with Crippen LogP contribution in [0.1, 0.15) is 85.3 Å². The molecule has 1 fully saturated rings. The zero-order valence-electron chi connectivity index (χ0n) is 38.8. The lowest BCUT2D eigenvalue weighted by molar-refractivity contribution is 0.426. The molecule has 334 valence electrons. The molecule has 0 bridgehead atoms. The number of allylic oxidation sites excluding steroid dienone is 5. The average molecular weight is 901 g/mol. The smallest absolute Gasteiger partial charge is 0.163 e. The van der Waals surface area contributed by atoms with E-state index in [1.807, 2.05) is 0 Å². The molecular formula is C64H48N6. The van der Waals surface area contributed by atoms with E-state index in [2.05, 4.69) is 220 Å². The van der Waals surface area contributed by atoms with E-state index in [0.29, 0.717) is 12.3 Å². The van der Waals surface area contributed by atoms with E-state index in [9.17, 15) is 0 Å². The first-order valence-corrected chi connectivity index (χ1v) is 24.9. The molecule has 3 aliphatic carbocycles. The van der Waals surface area contributed by atoms with Gasteiger partial charge in [-0.3, -0.25) is 0 Å². The van der Waals surface area contributed by atoms with Gasteiger partial charge in [0.25, 0.3) is 0 Å². The number of fused-ring (bicyclic) bond motifs is 9. The second-order valence-corrected chi connectivity index (χ2v) is 19.1.